The van der Waals surface area contributed by atoms with Gasteiger partial charge in [0.1, 0.15) is 18.2 Å². The fourth-order valence-electron chi connectivity index (χ4n) is 2.04. The summed E-state index contributed by atoms with van der Waals surface area (Å²) in [5, 5.41) is 8.94. The van der Waals surface area contributed by atoms with Crippen LogP contribution in [0.4, 0.5) is 4.39 Å². The van der Waals surface area contributed by atoms with Crippen molar-refractivity contribution < 1.29 is 23.8 Å². The highest BCUT2D eigenvalue weighted by Crippen LogP contribution is 2.25. The molecule has 0 spiro atoms. The highest BCUT2D eigenvalue weighted by molar-refractivity contribution is 5.95. The lowest BCUT2D eigenvalue weighted by Gasteiger charge is -2.12. The molecule has 0 saturated heterocycles. The molecular formula is C17H15FO4. The minimum Gasteiger partial charge on any atom is -0.488 e. The Hall–Kier alpha value is -2.69. The molecule has 0 heterocycles. The number of carbonyl (C=O) groups excluding carboxylic acids is 1. The average Bonchev–Trinajstić information content (AvgIpc) is 2.47. The van der Waals surface area contributed by atoms with Crippen LogP contribution >= 0.6 is 0 Å². The van der Waals surface area contributed by atoms with Gasteiger partial charge < -0.3 is 9.84 Å². The molecule has 0 aromatic heterocycles. The Bertz CT molecular complexity index is 695. The van der Waals surface area contributed by atoms with Crippen LogP contribution in [0.25, 0.3) is 0 Å². The maximum Gasteiger partial charge on any atom is 0.307 e. The molecule has 114 valence electrons. The van der Waals surface area contributed by atoms with E-state index in [-0.39, 0.29) is 29.9 Å². The maximum atomic E-state index is 13.9. The number of aliphatic carboxylic acids is 1. The van der Waals surface area contributed by atoms with E-state index in [0.29, 0.717) is 0 Å². The first-order chi connectivity index (χ1) is 10.5. The second-order valence-electron chi connectivity index (χ2n) is 4.84. The van der Waals surface area contributed by atoms with Gasteiger partial charge in [0.25, 0.3) is 0 Å². The van der Waals surface area contributed by atoms with Gasteiger partial charge in [-0.05, 0) is 18.6 Å². The van der Waals surface area contributed by atoms with Crippen LogP contribution in [0.5, 0.6) is 5.75 Å². The lowest BCUT2D eigenvalue weighted by atomic mass is 10.0. The van der Waals surface area contributed by atoms with E-state index in [1.54, 1.807) is 0 Å². The molecule has 0 unspecified atom stereocenters. The van der Waals surface area contributed by atoms with Gasteiger partial charge in [0, 0.05) is 11.6 Å². The van der Waals surface area contributed by atoms with Crippen molar-refractivity contribution in [2.75, 3.05) is 0 Å². The number of carboxylic acid groups (broad SMARTS) is 1. The number of ketones is 1. The van der Waals surface area contributed by atoms with Crippen LogP contribution in [0, 0.1) is 5.82 Å². The zero-order valence-electron chi connectivity index (χ0n) is 12.0. The predicted octanol–water partition coefficient (Wildman–Crippen LogP) is 3.23. The zero-order valence-corrected chi connectivity index (χ0v) is 12.0. The Morgan fingerprint density at radius 2 is 1.86 bits per heavy atom. The predicted molar refractivity (Wildman–Crippen MR) is 78.5 cm³/mol. The Labute approximate surface area is 127 Å². The third-order valence-corrected chi connectivity index (χ3v) is 3.11. The molecule has 5 heteroatoms. The summed E-state index contributed by atoms with van der Waals surface area (Å²) in [6, 6.07) is 11.5. The molecular weight excluding hydrogens is 287 g/mol. The van der Waals surface area contributed by atoms with Gasteiger partial charge in [-0.25, -0.2) is 4.39 Å². The van der Waals surface area contributed by atoms with E-state index in [0.717, 1.165) is 11.6 Å². The number of halogens is 1. The quantitative estimate of drug-likeness (QED) is 0.832. The Morgan fingerprint density at radius 1 is 1.18 bits per heavy atom. The van der Waals surface area contributed by atoms with Gasteiger partial charge in [0.2, 0.25) is 0 Å². The summed E-state index contributed by atoms with van der Waals surface area (Å²) in [5.41, 5.74) is 1.01. The molecule has 2 aromatic carbocycles. The van der Waals surface area contributed by atoms with Crippen LogP contribution in [0.15, 0.2) is 42.5 Å². The minimum absolute atomic E-state index is 0.133. The highest BCUT2D eigenvalue weighted by atomic mass is 19.1. The van der Waals surface area contributed by atoms with E-state index < -0.39 is 17.6 Å². The van der Waals surface area contributed by atoms with Crippen LogP contribution in [0.1, 0.15) is 28.4 Å². The smallest absolute Gasteiger partial charge is 0.307 e. The SMILES string of the molecule is CC(=O)c1cc(CC(=O)O)c(OCc2ccccc2)cc1F. The minimum atomic E-state index is -1.08. The van der Waals surface area contributed by atoms with E-state index in [1.165, 1.54) is 13.0 Å². The number of hydrogen-bond acceptors (Lipinski definition) is 3. The van der Waals surface area contributed by atoms with Crippen LogP contribution < -0.4 is 4.74 Å². The normalized spacial score (nSPS) is 10.3. The first kappa shape index (κ1) is 15.7. The van der Waals surface area contributed by atoms with Gasteiger partial charge in [-0.2, -0.15) is 0 Å². The number of carboxylic acids is 1. The van der Waals surface area contributed by atoms with E-state index in [2.05, 4.69) is 0 Å². The topological polar surface area (TPSA) is 63.6 Å². The number of rotatable bonds is 6. The third-order valence-electron chi connectivity index (χ3n) is 3.11. The maximum absolute atomic E-state index is 13.9. The monoisotopic (exact) mass is 302 g/mol. The Balaban J connectivity index is 2.30. The fraction of sp³-hybridized carbons (Fsp3) is 0.176. The molecule has 2 rings (SSSR count). The Kier molecular flexibility index (Phi) is 4.88. The molecule has 22 heavy (non-hydrogen) atoms. The van der Waals surface area contributed by atoms with Crippen molar-refractivity contribution in [3.05, 3.63) is 65.0 Å². The number of hydrogen-bond donors (Lipinski definition) is 1. The number of benzene rings is 2. The molecule has 0 aliphatic heterocycles. The van der Waals surface area contributed by atoms with E-state index in [1.807, 2.05) is 30.3 Å². The largest absolute Gasteiger partial charge is 0.488 e. The molecule has 0 radical (unpaired) electrons. The van der Waals surface area contributed by atoms with Gasteiger partial charge in [-0.3, -0.25) is 9.59 Å². The van der Waals surface area contributed by atoms with E-state index >= 15 is 0 Å². The Morgan fingerprint density at radius 3 is 2.45 bits per heavy atom. The second kappa shape index (κ2) is 6.85. The van der Waals surface area contributed by atoms with Crippen molar-refractivity contribution in [3.8, 4) is 5.75 Å². The molecule has 2 aromatic rings. The van der Waals surface area contributed by atoms with Gasteiger partial charge in [0.15, 0.2) is 5.78 Å². The summed E-state index contributed by atoms with van der Waals surface area (Å²) >= 11 is 0. The first-order valence-electron chi connectivity index (χ1n) is 6.69. The summed E-state index contributed by atoms with van der Waals surface area (Å²) < 4.78 is 19.4. The van der Waals surface area contributed by atoms with Crippen molar-refractivity contribution in [2.24, 2.45) is 0 Å². The van der Waals surface area contributed by atoms with Crippen LogP contribution in [-0.4, -0.2) is 16.9 Å². The number of Topliss-reactive ketones (excluding diaryl/α,β-unsaturated/α-hetero) is 1. The van der Waals surface area contributed by atoms with Crippen LogP contribution in [0.3, 0.4) is 0 Å². The van der Waals surface area contributed by atoms with Crippen LogP contribution in [-0.2, 0) is 17.8 Å². The van der Waals surface area contributed by atoms with Gasteiger partial charge >= 0.3 is 5.97 Å². The van der Waals surface area contributed by atoms with Crippen molar-refractivity contribution >= 4 is 11.8 Å². The molecule has 0 bridgehead atoms. The van der Waals surface area contributed by atoms with Crippen LogP contribution in [0.2, 0.25) is 0 Å². The molecule has 0 aliphatic carbocycles. The van der Waals surface area contributed by atoms with Crippen molar-refractivity contribution in [2.45, 2.75) is 20.0 Å². The first-order valence-corrected chi connectivity index (χ1v) is 6.69. The fourth-order valence-corrected chi connectivity index (χ4v) is 2.04. The van der Waals surface area contributed by atoms with Crippen molar-refractivity contribution in [3.63, 3.8) is 0 Å². The molecule has 4 nitrogen and oxygen atoms in total. The summed E-state index contributed by atoms with van der Waals surface area (Å²) in [4.78, 5) is 22.3. The average molecular weight is 302 g/mol. The van der Waals surface area contributed by atoms with E-state index in [9.17, 15) is 14.0 Å². The third kappa shape index (κ3) is 3.91. The molecule has 0 fully saturated rings. The standard InChI is InChI=1S/C17H15FO4/c1-11(19)14-7-13(8-17(20)21)16(9-15(14)18)22-10-12-5-3-2-4-6-12/h2-7,9H,8,10H2,1H3,(H,20,21). The summed E-state index contributed by atoms with van der Waals surface area (Å²) in [6.45, 7) is 1.42. The number of ether oxygens (including phenoxy) is 1. The zero-order chi connectivity index (χ0) is 16.1. The van der Waals surface area contributed by atoms with Gasteiger partial charge in [-0.15, -0.1) is 0 Å². The highest BCUT2D eigenvalue weighted by Gasteiger charge is 2.16. The lowest BCUT2D eigenvalue weighted by molar-refractivity contribution is -0.136. The van der Waals surface area contributed by atoms with Gasteiger partial charge in [0.05, 0.1) is 12.0 Å². The molecule has 0 atom stereocenters. The summed E-state index contributed by atoms with van der Waals surface area (Å²) in [7, 11) is 0. The van der Waals surface area contributed by atoms with Crippen molar-refractivity contribution in [1.29, 1.82) is 0 Å². The molecule has 1 N–H and O–H groups in total. The molecule has 0 amide bonds. The molecule has 0 saturated carbocycles. The molecule has 0 aliphatic rings. The summed E-state index contributed by atoms with van der Waals surface area (Å²) in [5.74, 6) is -2.12. The second-order valence-corrected chi connectivity index (χ2v) is 4.84. The lowest BCUT2D eigenvalue weighted by Crippen LogP contribution is -2.08. The van der Waals surface area contributed by atoms with Gasteiger partial charge in [-0.1, -0.05) is 30.3 Å². The van der Waals surface area contributed by atoms with E-state index in [4.69, 9.17) is 9.84 Å². The summed E-state index contributed by atoms with van der Waals surface area (Å²) in [6.07, 6.45) is -0.343. The number of carbonyl (C=O) groups is 2. The van der Waals surface area contributed by atoms with Crippen molar-refractivity contribution in [1.82, 2.24) is 0 Å².